The fraction of sp³-hybridized carbons (Fsp3) is 0.474. The summed E-state index contributed by atoms with van der Waals surface area (Å²) in [6, 6.07) is 3.66. The molecular formula is C19H26ClFN6O5SSi. The molecule has 1 aromatic carbocycles. The van der Waals surface area contributed by atoms with Crippen LogP contribution < -0.4 is 15.2 Å². The van der Waals surface area contributed by atoms with Crippen molar-refractivity contribution in [3.63, 3.8) is 0 Å². The number of hydrogen-bond acceptors (Lipinski definition) is 9. The van der Waals surface area contributed by atoms with Crippen LogP contribution in [0.4, 0.5) is 4.39 Å². The Kier molecular flexibility index (Phi) is 7.36. The highest BCUT2D eigenvalue weighted by Gasteiger charge is 2.37. The van der Waals surface area contributed by atoms with Gasteiger partial charge in [-0.25, -0.2) is 27.3 Å². The van der Waals surface area contributed by atoms with E-state index in [4.69, 9.17) is 25.5 Å². The normalized spacial score (nSPS) is 14.1. The number of ether oxygens (including phenoxy) is 1. The molecule has 0 aliphatic heterocycles. The highest BCUT2D eigenvalue weighted by molar-refractivity contribution is 7.91. The number of halogens is 2. The summed E-state index contributed by atoms with van der Waals surface area (Å²) in [5, 5.41) is 10.9. The Bertz CT molecular complexity index is 1360. The molecule has 2 heterocycles. The fourth-order valence-corrected chi connectivity index (χ4v) is 8.12. The molecule has 0 amide bonds. The number of aromatic nitrogens is 4. The standard InChI is InChI=1S/C19H26ClFN6O5SSi/c1-19(2,3)34(5,6)26-33(4,29)22-9-10-30-17-15(23-32-25-17)16-24-31-18(28)27(16)12-7-8-14(21)13(20)11-12/h7-8,11H,9-10H2,1-6H3,(H,22,26,29). The Morgan fingerprint density at radius 2 is 2.00 bits per heavy atom. The maximum atomic E-state index is 13.5. The van der Waals surface area contributed by atoms with Crippen LogP contribution >= 0.6 is 11.6 Å². The van der Waals surface area contributed by atoms with Gasteiger partial charge in [-0.1, -0.05) is 37.5 Å². The summed E-state index contributed by atoms with van der Waals surface area (Å²) >= 11 is 5.83. The van der Waals surface area contributed by atoms with E-state index in [2.05, 4.69) is 58.1 Å². The van der Waals surface area contributed by atoms with E-state index in [-0.39, 0.29) is 46.3 Å². The minimum Gasteiger partial charge on any atom is -0.472 e. The molecule has 2 aromatic heterocycles. The van der Waals surface area contributed by atoms with Crippen LogP contribution in [0.3, 0.4) is 0 Å². The lowest BCUT2D eigenvalue weighted by atomic mass is 10.2. The Labute approximate surface area is 202 Å². The van der Waals surface area contributed by atoms with Crippen LogP contribution in [0.2, 0.25) is 23.2 Å². The first kappa shape index (κ1) is 26.1. The van der Waals surface area contributed by atoms with Crippen LogP contribution in [0, 0.1) is 5.82 Å². The van der Waals surface area contributed by atoms with Gasteiger partial charge in [0.25, 0.3) is 5.88 Å². The van der Waals surface area contributed by atoms with Crippen molar-refractivity contribution in [1.82, 2.24) is 24.8 Å². The van der Waals surface area contributed by atoms with Crippen molar-refractivity contribution in [2.75, 3.05) is 19.4 Å². The van der Waals surface area contributed by atoms with Crippen molar-refractivity contribution in [2.45, 2.75) is 38.9 Å². The van der Waals surface area contributed by atoms with Crippen LogP contribution in [0.5, 0.6) is 5.88 Å². The monoisotopic (exact) mass is 532 g/mol. The first-order chi connectivity index (χ1) is 15.7. The van der Waals surface area contributed by atoms with Crippen LogP contribution in [0.1, 0.15) is 20.8 Å². The summed E-state index contributed by atoms with van der Waals surface area (Å²) in [5.41, 5.74) is 0.177. The van der Waals surface area contributed by atoms with E-state index in [0.29, 0.717) is 0 Å². The van der Waals surface area contributed by atoms with Gasteiger partial charge in [0, 0.05) is 12.8 Å². The van der Waals surface area contributed by atoms with Crippen molar-refractivity contribution >= 4 is 29.8 Å². The summed E-state index contributed by atoms with van der Waals surface area (Å²) in [6.45, 7) is 10.6. The van der Waals surface area contributed by atoms with Crippen molar-refractivity contribution in [2.24, 2.45) is 4.03 Å². The average Bonchev–Trinajstić information content (AvgIpc) is 3.32. The third-order valence-corrected chi connectivity index (χ3v) is 13.3. The molecule has 0 aliphatic carbocycles. The molecule has 0 fully saturated rings. The maximum Gasteiger partial charge on any atom is 0.446 e. The molecule has 186 valence electrons. The van der Waals surface area contributed by atoms with Crippen molar-refractivity contribution in [1.29, 1.82) is 0 Å². The number of rotatable bonds is 8. The summed E-state index contributed by atoms with van der Waals surface area (Å²) < 4.78 is 50.1. The zero-order chi connectivity index (χ0) is 25.3. The molecule has 0 saturated heterocycles. The second-order valence-corrected chi connectivity index (χ2v) is 16.7. The van der Waals surface area contributed by atoms with E-state index >= 15 is 0 Å². The second-order valence-electron chi connectivity index (χ2n) is 9.07. The largest absolute Gasteiger partial charge is 0.472 e. The summed E-state index contributed by atoms with van der Waals surface area (Å²) in [7, 11) is -4.77. The maximum absolute atomic E-state index is 13.5. The molecule has 11 nitrogen and oxygen atoms in total. The molecule has 1 N–H and O–H groups in total. The van der Waals surface area contributed by atoms with Gasteiger partial charge in [0.1, 0.15) is 12.4 Å². The highest BCUT2D eigenvalue weighted by atomic mass is 35.5. The van der Waals surface area contributed by atoms with Gasteiger partial charge in [-0.15, -0.1) is 0 Å². The first-order valence-electron chi connectivity index (χ1n) is 10.2. The Morgan fingerprint density at radius 3 is 2.65 bits per heavy atom. The van der Waals surface area contributed by atoms with Crippen LogP contribution in [0.15, 0.2) is 36.2 Å². The lowest BCUT2D eigenvalue weighted by Gasteiger charge is -2.32. The van der Waals surface area contributed by atoms with Gasteiger partial charge in [-0.05, 0) is 46.6 Å². The van der Waals surface area contributed by atoms with E-state index in [1.165, 1.54) is 12.1 Å². The SMILES string of the molecule is CC(C)(C)[Si](C)(C)N=S(C)(=O)NCCOc1nonc1-c1noc(=O)n1-c1ccc(F)c(Cl)c1. The van der Waals surface area contributed by atoms with Crippen molar-refractivity contribution in [3.8, 4) is 23.1 Å². The highest BCUT2D eigenvalue weighted by Crippen LogP contribution is 2.37. The molecule has 1 unspecified atom stereocenters. The molecule has 3 aromatic rings. The lowest BCUT2D eigenvalue weighted by Crippen LogP contribution is -2.39. The van der Waals surface area contributed by atoms with Gasteiger partial charge >= 0.3 is 5.76 Å². The average molecular weight is 533 g/mol. The first-order valence-corrected chi connectivity index (χ1v) is 15.4. The molecule has 0 radical (unpaired) electrons. The Balaban J connectivity index is 1.76. The molecule has 0 aliphatic rings. The predicted molar refractivity (Wildman–Crippen MR) is 128 cm³/mol. The molecule has 0 saturated carbocycles. The van der Waals surface area contributed by atoms with E-state index in [9.17, 15) is 13.4 Å². The Morgan fingerprint density at radius 1 is 1.29 bits per heavy atom. The van der Waals surface area contributed by atoms with E-state index in [1.54, 1.807) is 6.26 Å². The molecule has 0 spiro atoms. The minimum absolute atomic E-state index is 0.0190. The van der Waals surface area contributed by atoms with E-state index in [0.717, 1.165) is 10.6 Å². The van der Waals surface area contributed by atoms with Gasteiger partial charge in [0.2, 0.25) is 11.5 Å². The number of benzene rings is 1. The van der Waals surface area contributed by atoms with Crippen molar-refractivity contribution in [3.05, 3.63) is 39.6 Å². The smallest absolute Gasteiger partial charge is 0.446 e. The molecule has 3 rings (SSSR count). The van der Waals surface area contributed by atoms with Gasteiger partial charge in [0.05, 0.1) is 20.6 Å². The second kappa shape index (κ2) is 9.60. The molecular weight excluding hydrogens is 507 g/mol. The number of nitrogens with one attached hydrogen (secondary N) is 1. The molecule has 34 heavy (non-hydrogen) atoms. The molecule has 1 atom stereocenters. The van der Waals surface area contributed by atoms with Gasteiger partial charge < -0.3 is 4.74 Å². The Hall–Kier alpha value is -2.55. The third-order valence-electron chi connectivity index (χ3n) is 5.38. The zero-order valence-corrected chi connectivity index (χ0v) is 22.2. The third kappa shape index (κ3) is 5.74. The van der Waals surface area contributed by atoms with Crippen LogP contribution in [0.25, 0.3) is 17.2 Å². The zero-order valence-electron chi connectivity index (χ0n) is 19.6. The van der Waals surface area contributed by atoms with E-state index in [1.807, 2.05) is 0 Å². The van der Waals surface area contributed by atoms with Crippen LogP contribution in [-0.2, 0) is 9.92 Å². The molecule has 15 heteroatoms. The molecule has 0 bridgehead atoms. The minimum atomic E-state index is -2.64. The van der Waals surface area contributed by atoms with Crippen molar-refractivity contribution < 1.29 is 22.5 Å². The fourth-order valence-electron chi connectivity index (χ4n) is 2.65. The number of hydrogen-bond donors (Lipinski definition) is 1. The van der Waals surface area contributed by atoms with Gasteiger partial charge in [-0.3, -0.25) is 8.55 Å². The van der Waals surface area contributed by atoms with Gasteiger partial charge in [-0.2, -0.15) is 0 Å². The number of nitrogens with zero attached hydrogens (tertiary/aromatic N) is 5. The summed E-state index contributed by atoms with van der Waals surface area (Å²) in [6.07, 6.45) is 1.55. The lowest BCUT2D eigenvalue weighted by molar-refractivity contribution is 0.258. The summed E-state index contributed by atoms with van der Waals surface area (Å²) in [5.74, 6) is -1.65. The summed E-state index contributed by atoms with van der Waals surface area (Å²) in [4.78, 5) is 12.2. The van der Waals surface area contributed by atoms with Gasteiger partial charge in [0.15, 0.2) is 8.24 Å². The van der Waals surface area contributed by atoms with Crippen LogP contribution in [-0.4, -0.2) is 51.9 Å². The van der Waals surface area contributed by atoms with E-state index < -0.39 is 29.7 Å². The quantitative estimate of drug-likeness (QED) is 0.342. The predicted octanol–water partition coefficient (Wildman–Crippen LogP) is 3.65. The topological polar surface area (TPSA) is 138 Å².